The fourth-order valence-corrected chi connectivity index (χ4v) is 3.69. The number of amides is 1. The van der Waals surface area contributed by atoms with Crippen molar-refractivity contribution in [2.24, 2.45) is 5.41 Å². The molecule has 1 N–H and O–H groups in total. The van der Waals surface area contributed by atoms with E-state index in [0.29, 0.717) is 57.3 Å². The van der Waals surface area contributed by atoms with Crippen LogP contribution < -0.4 is 0 Å². The molecule has 132 valence electrons. The molecule has 2 aliphatic rings. The van der Waals surface area contributed by atoms with E-state index in [4.69, 9.17) is 4.52 Å². The van der Waals surface area contributed by atoms with E-state index in [1.807, 2.05) is 0 Å². The first kappa shape index (κ1) is 16.9. The first-order valence-electron chi connectivity index (χ1n) is 8.55. The van der Waals surface area contributed by atoms with Crippen molar-refractivity contribution in [1.29, 1.82) is 0 Å². The average Bonchev–Trinajstić information content (AvgIpc) is 3.00. The van der Waals surface area contributed by atoms with E-state index in [1.165, 1.54) is 0 Å². The van der Waals surface area contributed by atoms with E-state index < -0.39 is 11.4 Å². The Morgan fingerprint density at radius 3 is 2.38 bits per heavy atom. The van der Waals surface area contributed by atoms with Crippen LogP contribution in [0.25, 0.3) is 0 Å². The predicted octanol–water partition coefficient (Wildman–Crippen LogP) is 1.06. The number of aliphatic carboxylic acids is 1. The number of aryl methyl sites for hydroxylation is 1. The summed E-state index contributed by atoms with van der Waals surface area (Å²) < 4.78 is 4.97. The van der Waals surface area contributed by atoms with Gasteiger partial charge in [-0.05, 0) is 12.8 Å². The Labute approximate surface area is 140 Å². The van der Waals surface area contributed by atoms with Crippen LogP contribution in [0.4, 0.5) is 0 Å². The van der Waals surface area contributed by atoms with Gasteiger partial charge in [0.15, 0.2) is 5.82 Å². The summed E-state index contributed by atoms with van der Waals surface area (Å²) in [6.45, 7) is 4.81. The third kappa shape index (κ3) is 3.28. The van der Waals surface area contributed by atoms with Crippen molar-refractivity contribution in [1.82, 2.24) is 19.9 Å². The van der Waals surface area contributed by atoms with Crippen molar-refractivity contribution in [3.8, 4) is 0 Å². The van der Waals surface area contributed by atoms with E-state index >= 15 is 0 Å². The SMILES string of the molecule is Cc1nc(CN2CCN(C(=O)C3(C(=O)O)CCCCC3)CC2)no1. The van der Waals surface area contributed by atoms with Crippen LogP contribution in [0.15, 0.2) is 4.52 Å². The number of aromatic nitrogens is 2. The largest absolute Gasteiger partial charge is 0.480 e. The van der Waals surface area contributed by atoms with Crippen molar-refractivity contribution in [2.45, 2.75) is 45.6 Å². The molecule has 0 unspecified atom stereocenters. The molecule has 8 heteroatoms. The zero-order valence-electron chi connectivity index (χ0n) is 14.0. The van der Waals surface area contributed by atoms with Crippen LogP contribution in [0.2, 0.25) is 0 Å². The molecule has 0 radical (unpaired) electrons. The zero-order valence-corrected chi connectivity index (χ0v) is 14.0. The Morgan fingerprint density at radius 2 is 1.83 bits per heavy atom. The van der Waals surface area contributed by atoms with Gasteiger partial charge in [-0.1, -0.05) is 24.4 Å². The maximum Gasteiger partial charge on any atom is 0.319 e. The Morgan fingerprint density at radius 1 is 1.17 bits per heavy atom. The molecule has 1 aromatic rings. The van der Waals surface area contributed by atoms with Crippen LogP contribution in [0.1, 0.15) is 43.8 Å². The van der Waals surface area contributed by atoms with E-state index in [-0.39, 0.29) is 5.91 Å². The molecule has 0 bridgehead atoms. The normalized spacial score (nSPS) is 21.6. The monoisotopic (exact) mass is 336 g/mol. The zero-order chi connectivity index (χ0) is 17.2. The molecule has 2 heterocycles. The molecule has 0 aromatic carbocycles. The minimum atomic E-state index is -1.20. The summed E-state index contributed by atoms with van der Waals surface area (Å²) in [4.78, 5) is 32.7. The highest BCUT2D eigenvalue weighted by Gasteiger charge is 2.49. The summed E-state index contributed by atoms with van der Waals surface area (Å²) in [5.74, 6) is 0.0164. The lowest BCUT2D eigenvalue weighted by molar-refractivity contribution is -0.164. The van der Waals surface area contributed by atoms with Gasteiger partial charge < -0.3 is 14.5 Å². The van der Waals surface area contributed by atoms with Gasteiger partial charge in [0.25, 0.3) is 0 Å². The van der Waals surface area contributed by atoms with Gasteiger partial charge in [-0.15, -0.1) is 0 Å². The number of carbonyl (C=O) groups is 2. The number of nitrogens with zero attached hydrogens (tertiary/aromatic N) is 4. The van der Waals surface area contributed by atoms with Gasteiger partial charge in [-0.25, -0.2) is 0 Å². The van der Waals surface area contributed by atoms with Gasteiger partial charge in [0.05, 0.1) is 6.54 Å². The van der Waals surface area contributed by atoms with E-state index in [1.54, 1.807) is 11.8 Å². The van der Waals surface area contributed by atoms with Gasteiger partial charge in [-0.3, -0.25) is 14.5 Å². The molecule has 1 aliphatic heterocycles. The lowest BCUT2D eigenvalue weighted by Gasteiger charge is -2.40. The molecule has 1 aliphatic carbocycles. The number of hydrogen-bond donors (Lipinski definition) is 1. The molecular formula is C16H24N4O4. The Hall–Kier alpha value is -1.96. The number of carboxylic acids is 1. The summed E-state index contributed by atoms with van der Waals surface area (Å²) in [6.07, 6.45) is 3.57. The van der Waals surface area contributed by atoms with Crippen molar-refractivity contribution in [3.05, 3.63) is 11.7 Å². The maximum absolute atomic E-state index is 12.9. The van der Waals surface area contributed by atoms with Gasteiger partial charge >= 0.3 is 5.97 Å². The van der Waals surface area contributed by atoms with Crippen molar-refractivity contribution >= 4 is 11.9 Å². The summed E-state index contributed by atoms with van der Waals surface area (Å²) >= 11 is 0. The van der Waals surface area contributed by atoms with Crippen LogP contribution >= 0.6 is 0 Å². The predicted molar refractivity (Wildman–Crippen MR) is 84.0 cm³/mol. The van der Waals surface area contributed by atoms with Crippen molar-refractivity contribution in [3.63, 3.8) is 0 Å². The van der Waals surface area contributed by atoms with Crippen LogP contribution in [-0.4, -0.2) is 63.1 Å². The molecule has 0 atom stereocenters. The second-order valence-corrected chi connectivity index (χ2v) is 6.75. The average molecular weight is 336 g/mol. The molecular weight excluding hydrogens is 312 g/mol. The smallest absolute Gasteiger partial charge is 0.319 e. The fourth-order valence-electron chi connectivity index (χ4n) is 3.69. The van der Waals surface area contributed by atoms with E-state index in [0.717, 1.165) is 19.3 Å². The Bertz CT molecular complexity index is 601. The molecule has 1 aromatic heterocycles. The molecule has 2 fully saturated rings. The number of carboxylic acid groups (broad SMARTS) is 1. The number of hydrogen-bond acceptors (Lipinski definition) is 6. The molecule has 8 nitrogen and oxygen atoms in total. The lowest BCUT2D eigenvalue weighted by atomic mass is 9.73. The topological polar surface area (TPSA) is 99.8 Å². The molecule has 24 heavy (non-hydrogen) atoms. The van der Waals surface area contributed by atoms with Gasteiger partial charge in [0.1, 0.15) is 5.41 Å². The second kappa shape index (κ2) is 6.88. The molecule has 1 saturated heterocycles. The first-order chi connectivity index (χ1) is 11.5. The number of piperazine rings is 1. The quantitative estimate of drug-likeness (QED) is 0.821. The highest BCUT2D eigenvalue weighted by Crippen LogP contribution is 2.38. The summed E-state index contributed by atoms with van der Waals surface area (Å²) in [6, 6.07) is 0. The van der Waals surface area contributed by atoms with Crippen LogP contribution in [0, 0.1) is 12.3 Å². The van der Waals surface area contributed by atoms with Gasteiger partial charge in [0, 0.05) is 33.1 Å². The minimum Gasteiger partial charge on any atom is -0.480 e. The summed E-state index contributed by atoms with van der Waals surface area (Å²) in [7, 11) is 0. The van der Waals surface area contributed by atoms with Crippen LogP contribution in [0.3, 0.4) is 0 Å². The minimum absolute atomic E-state index is 0.204. The number of carbonyl (C=O) groups excluding carboxylic acids is 1. The van der Waals surface area contributed by atoms with Crippen LogP contribution in [-0.2, 0) is 16.1 Å². The standard InChI is InChI=1S/C16H24N4O4/c1-12-17-13(18-24-12)11-19-7-9-20(10-8-19)14(21)16(15(22)23)5-3-2-4-6-16/h2-11H2,1H3,(H,22,23). The molecule has 1 amide bonds. The van der Waals surface area contributed by atoms with E-state index in [9.17, 15) is 14.7 Å². The third-order valence-corrected chi connectivity index (χ3v) is 5.12. The second-order valence-electron chi connectivity index (χ2n) is 6.75. The van der Waals surface area contributed by atoms with E-state index in [2.05, 4.69) is 15.0 Å². The first-order valence-corrected chi connectivity index (χ1v) is 8.55. The summed E-state index contributed by atoms with van der Waals surface area (Å²) in [5.41, 5.74) is -1.20. The third-order valence-electron chi connectivity index (χ3n) is 5.12. The maximum atomic E-state index is 12.9. The fraction of sp³-hybridized carbons (Fsp3) is 0.750. The Balaban J connectivity index is 1.59. The highest BCUT2D eigenvalue weighted by atomic mass is 16.5. The lowest BCUT2D eigenvalue weighted by Crippen LogP contribution is -2.55. The van der Waals surface area contributed by atoms with Crippen molar-refractivity contribution in [2.75, 3.05) is 26.2 Å². The molecule has 0 spiro atoms. The Kier molecular flexibility index (Phi) is 4.84. The molecule has 3 rings (SSSR count). The van der Waals surface area contributed by atoms with Crippen LogP contribution in [0.5, 0.6) is 0 Å². The van der Waals surface area contributed by atoms with Crippen molar-refractivity contribution < 1.29 is 19.2 Å². The summed E-state index contributed by atoms with van der Waals surface area (Å²) in [5, 5.41) is 13.5. The van der Waals surface area contributed by atoms with Gasteiger partial charge in [0.2, 0.25) is 11.8 Å². The van der Waals surface area contributed by atoms with Gasteiger partial charge in [-0.2, -0.15) is 4.98 Å². The molecule has 1 saturated carbocycles. The number of rotatable bonds is 4. The highest BCUT2D eigenvalue weighted by molar-refractivity contribution is 6.02.